The second-order valence-electron chi connectivity index (χ2n) is 3.40. The second-order valence-corrected chi connectivity index (χ2v) is 3.40. The minimum absolute atomic E-state index is 0.0700. The number of hydrogen-bond donors (Lipinski definition) is 6. The van der Waals surface area contributed by atoms with E-state index in [2.05, 4.69) is 5.32 Å². The van der Waals surface area contributed by atoms with Crippen LogP contribution < -0.4 is 5.32 Å². The van der Waals surface area contributed by atoms with Crippen LogP contribution >= 0.6 is 0 Å². The molecule has 6 N–H and O–H groups in total. The fourth-order valence-corrected chi connectivity index (χ4v) is 1.34. The summed E-state index contributed by atoms with van der Waals surface area (Å²) in [6.07, 6.45) is -4.15. The van der Waals surface area contributed by atoms with Crippen LogP contribution in [0, 0.1) is 0 Å². The topological polar surface area (TPSA) is 113 Å². The van der Waals surface area contributed by atoms with Gasteiger partial charge >= 0.3 is 0 Å². The molecule has 0 amide bonds. The first-order valence-corrected chi connectivity index (χ1v) is 4.09. The zero-order chi connectivity index (χ0) is 10.1. The molecule has 1 rings (SSSR count). The van der Waals surface area contributed by atoms with Gasteiger partial charge in [-0.1, -0.05) is 0 Å². The lowest BCUT2D eigenvalue weighted by Gasteiger charge is -2.31. The van der Waals surface area contributed by atoms with Gasteiger partial charge in [-0.2, -0.15) is 0 Å². The first-order valence-electron chi connectivity index (χ1n) is 4.09. The van der Waals surface area contributed by atoms with Crippen molar-refractivity contribution in [2.24, 2.45) is 0 Å². The Bertz CT molecular complexity index is 178. The average Bonchev–Trinajstić information content (AvgIpc) is 2.21. The molecule has 0 aromatic rings. The van der Waals surface area contributed by atoms with Crippen LogP contribution in [-0.4, -0.2) is 69.1 Å². The van der Waals surface area contributed by atoms with Crippen LogP contribution in [0.15, 0.2) is 0 Å². The third-order valence-corrected chi connectivity index (χ3v) is 2.33. The molecule has 13 heavy (non-hydrogen) atoms. The highest BCUT2D eigenvalue weighted by molar-refractivity contribution is 4.97. The molecule has 0 bridgehead atoms. The molecular weight excluding hydrogens is 178 g/mol. The minimum Gasteiger partial charge on any atom is -0.393 e. The highest BCUT2D eigenvalue weighted by Crippen LogP contribution is 2.17. The number of β-amino-alcohol motifs (C(OH)–C–C–N with tert-alkyl or cyclic N) is 2. The predicted molar refractivity (Wildman–Crippen MR) is 42.9 cm³/mol. The van der Waals surface area contributed by atoms with Gasteiger partial charge in [0.05, 0.1) is 12.7 Å². The van der Waals surface area contributed by atoms with Gasteiger partial charge in [0.15, 0.2) is 0 Å². The molecule has 1 heterocycles. The number of hydrogen-bond acceptors (Lipinski definition) is 6. The molecule has 0 radical (unpaired) electrons. The Morgan fingerprint density at radius 1 is 1.31 bits per heavy atom. The third kappa shape index (κ3) is 1.98. The molecule has 0 aromatic carbocycles. The van der Waals surface area contributed by atoms with E-state index in [9.17, 15) is 20.4 Å². The summed E-state index contributed by atoms with van der Waals surface area (Å²) >= 11 is 0. The predicted octanol–water partition coefficient (Wildman–Crippen LogP) is -3.60. The van der Waals surface area contributed by atoms with Crippen molar-refractivity contribution in [1.29, 1.82) is 0 Å². The number of aliphatic hydroxyl groups is 5. The molecule has 78 valence electrons. The lowest BCUT2D eigenvalue weighted by molar-refractivity contribution is -0.153. The molecular formula is C7H15NO5. The molecule has 1 saturated heterocycles. The average molecular weight is 193 g/mol. The molecule has 0 aliphatic carbocycles. The van der Waals surface area contributed by atoms with Crippen molar-refractivity contribution in [2.45, 2.75) is 23.9 Å². The van der Waals surface area contributed by atoms with Gasteiger partial charge in [0, 0.05) is 13.1 Å². The van der Waals surface area contributed by atoms with E-state index in [4.69, 9.17) is 5.11 Å². The van der Waals surface area contributed by atoms with E-state index in [0.29, 0.717) is 0 Å². The van der Waals surface area contributed by atoms with Crippen molar-refractivity contribution >= 4 is 0 Å². The maximum absolute atomic E-state index is 9.58. The van der Waals surface area contributed by atoms with Gasteiger partial charge in [0.2, 0.25) is 0 Å². The molecule has 0 saturated carbocycles. The molecule has 6 nitrogen and oxygen atoms in total. The van der Waals surface area contributed by atoms with Crippen LogP contribution in [0.4, 0.5) is 0 Å². The van der Waals surface area contributed by atoms with Gasteiger partial charge in [0.25, 0.3) is 0 Å². The maximum atomic E-state index is 9.58. The van der Waals surface area contributed by atoms with Crippen molar-refractivity contribution in [3.63, 3.8) is 0 Å². The van der Waals surface area contributed by atoms with Crippen LogP contribution in [0.2, 0.25) is 0 Å². The Balaban J connectivity index is 2.78. The van der Waals surface area contributed by atoms with Crippen molar-refractivity contribution in [2.75, 3.05) is 19.7 Å². The molecule has 0 aromatic heterocycles. The van der Waals surface area contributed by atoms with Gasteiger partial charge in [-0.15, -0.1) is 0 Å². The largest absolute Gasteiger partial charge is 0.393 e. The normalized spacial score (nSPS) is 47.3. The third-order valence-electron chi connectivity index (χ3n) is 2.33. The fraction of sp³-hybridized carbons (Fsp3) is 1.00. The summed E-state index contributed by atoms with van der Waals surface area (Å²) in [4.78, 5) is 0. The van der Waals surface area contributed by atoms with E-state index in [1.54, 1.807) is 0 Å². The first kappa shape index (κ1) is 10.8. The summed E-state index contributed by atoms with van der Waals surface area (Å²) in [6.45, 7) is -0.676. The Labute approximate surface area is 75.4 Å². The Hall–Kier alpha value is -0.240. The highest BCUT2D eigenvalue weighted by Gasteiger charge is 2.44. The highest BCUT2D eigenvalue weighted by atomic mass is 16.4. The molecule has 1 aliphatic rings. The Kier molecular flexibility index (Phi) is 3.23. The summed E-state index contributed by atoms with van der Waals surface area (Å²) in [5.41, 5.74) is -1.79. The van der Waals surface area contributed by atoms with E-state index in [1.165, 1.54) is 0 Å². The molecule has 6 heteroatoms. The zero-order valence-electron chi connectivity index (χ0n) is 7.09. The van der Waals surface area contributed by atoms with E-state index in [-0.39, 0.29) is 13.1 Å². The van der Waals surface area contributed by atoms with Gasteiger partial charge in [0.1, 0.15) is 17.8 Å². The Morgan fingerprint density at radius 3 is 2.46 bits per heavy atom. The lowest BCUT2D eigenvalue weighted by Crippen LogP contribution is -2.56. The summed E-state index contributed by atoms with van der Waals surface area (Å²) in [6, 6.07) is 0. The van der Waals surface area contributed by atoms with Crippen molar-refractivity contribution in [1.82, 2.24) is 5.32 Å². The second kappa shape index (κ2) is 3.87. The smallest absolute Gasteiger partial charge is 0.128 e. The maximum Gasteiger partial charge on any atom is 0.128 e. The quantitative estimate of drug-likeness (QED) is 0.256. The van der Waals surface area contributed by atoms with Crippen LogP contribution in [0.5, 0.6) is 0 Å². The Morgan fingerprint density at radius 2 is 1.92 bits per heavy atom. The van der Waals surface area contributed by atoms with E-state index >= 15 is 0 Å². The fourth-order valence-electron chi connectivity index (χ4n) is 1.34. The molecule has 0 unspecified atom stereocenters. The van der Waals surface area contributed by atoms with E-state index < -0.39 is 30.5 Å². The summed E-state index contributed by atoms with van der Waals surface area (Å²) < 4.78 is 0. The SMILES string of the molecule is OC[C@@]1(O)CNC[C@H](O)[C@@H](O)[C@@H]1O. The van der Waals surface area contributed by atoms with Crippen LogP contribution in [0.25, 0.3) is 0 Å². The van der Waals surface area contributed by atoms with E-state index in [0.717, 1.165) is 0 Å². The number of rotatable bonds is 1. The standard InChI is InChI=1S/C7H15NO5/c9-3-7(13)2-8-1-4(10)5(11)6(7)12/h4-6,8-13H,1-3H2/t4-,5+,6-,7-/m0/s1. The van der Waals surface area contributed by atoms with Crippen LogP contribution in [0.1, 0.15) is 0 Å². The summed E-state index contributed by atoms with van der Waals surface area (Å²) in [7, 11) is 0. The van der Waals surface area contributed by atoms with E-state index in [1.807, 2.05) is 0 Å². The van der Waals surface area contributed by atoms with Crippen LogP contribution in [-0.2, 0) is 0 Å². The molecule has 0 spiro atoms. The van der Waals surface area contributed by atoms with Crippen molar-refractivity contribution in [3.05, 3.63) is 0 Å². The van der Waals surface area contributed by atoms with Crippen LogP contribution in [0.3, 0.4) is 0 Å². The summed E-state index contributed by atoms with van der Waals surface area (Å²) in [5.74, 6) is 0. The monoisotopic (exact) mass is 193 g/mol. The lowest BCUT2D eigenvalue weighted by atomic mass is 9.93. The zero-order valence-corrected chi connectivity index (χ0v) is 7.09. The van der Waals surface area contributed by atoms with Gasteiger partial charge in [-0.3, -0.25) is 0 Å². The van der Waals surface area contributed by atoms with Gasteiger partial charge < -0.3 is 30.8 Å². The van der Waals surface area contributed by atoms with Crippen molar-refractivity contribution < 1.29 is 25.5 Å². The molecule has 1 fully saturated rings. The summed E-state index contributed by atoms with van der Waals surface area (Å²) in [5, 5.41) is 48.9. The molecule has 4 atom stereocenters. The van der Waals surface area contributed by atoms with Gasteiger partial charge in [-0.05, 0) is 0 Å². The number of nitrogens with one attached hydrogen (secondary N) is 1. The van der Waals surface area contributed by atoms with Crippen molar-refractivity contribution in [3.8, 4) is 0 Å². The van der Waals surface area contributed by atoms with Gasteiger partial charge in [-0.25, -0.2) is 0 Å². The minimum atomic E-state index is -1.79. The first-order chi connectivity index (χ1) is 6.01. The number of aliphatic hydroxyl groups excluding tert-OH is 4. The molecule has 1 aliphatic heterocycles.